The van der Waals surface area contributed by atoms with Gasteiger partial charge in [0.2, 0.25) is 5.91 Å². The molecule has 1 saturated carbocycles. The van der Waals surface area contributed by atoms with Crippen molar-refractivity contribution in [2.24, 2.45) is 11.8 Å². The number of carboxylic acids is 1. The molecule has 5 heteroatoms. The maximum Gasteiger partial charge on any atom is 0.306 e. The van der Waals surface area contributed by atoms with Crippen molar-refractivity contribution in [3.63, 3.8) is 0 Å². The highest BCUT2D eigenvalue weighted by molar-refractivity contribution is 5.80. The Kier molecular flexibility index (Phi) is 7.48. The zero-order valence-corrected chi connectivity index (χ0v) is 11.7. The number of ether oxygens (including phenoxy) is 1. The molecule has 0 saturated heterocycles. The molecule has 2 N–H and O–H groups in total. The average Bonchev–Trinajstić information content (AvgIpc) is 2.87. The van der Waals surface area contributed by atoms with Crippen LogP contribution in [-0.4, -0.2) is 36.7 Å². The molecule has 0 aliphatic heterocycles. The standard InChI is InChI=1S/C14H25NO4/c1-2-3-8-19-9-4-7-15-13(16)11-5-6-12(10-11)14(17)18/h11-12H,2-10H2,1H3,(H,15,16)(H,17,18)/t11-,12+/m1/s1. The van der Waals surface area contributed by atoms with Crippen LogP contribution in [0.4, 0.5) is 0 Å². The minimum Gasteiger partial charge on any atom is -0.481 e. The first kappa shape index (κ1) is 16.0. The molecule has 110 valence electrons. The highest BCUT2D eigenvalue weighted by Gasteiger charge is 2.33. The summed E-state index contributed by atoms with van der Waals surface area (Å²) in [6.45, 7) is 4.19. The number of rotatable bonds is 9. The number of aliphatic carboxylic acids is 1. The second-order valence-corrected chi connectivity index (χ2v) is 5.16. The summed E-state index contributed by atoms with van der Waals surface area (Å²) < 4.78 is 5.40. The van der Waals surface area contributed by atoms with Crippen LogP contribution in [0.2, 0.25) is 0 Å². The van der Waals surface area contributed by atoms with E-state index in [0.717, 1.165) is 25.9 Å². The number of carbonyl (C=O) groups excluding carboxylic acids is 1. The number of hydrogen-bond acceptors (Lipinski definition) is 3. The van der Waals surface area contributed by atoms with Gasteiger partial charge in [0.1, 0.15) is 0 Å². The van der Waals surface area contributed by atoms with Crippen LogP contribution in [0.25, 0.3) is 0 Å². The fourth-order valence-corrected chi connectivity index (χ4v) is 2.32. The maximum absolute atomic E-state index is 11.8. The van der Waals surface area contributed by atoms with Crippen LogP contribution in [0.1, 0.15) is 45.4 Å². The Balaban J connectivity index is 2.04. The van der Waals surface area contributed by atoms with Crippen LogP contribution in [0.15, 0.2) is 0 Å². The fraction of sp³-hybridized carbons (Fsp3) is 0.857. The van der Waals surface area contributed by atoms with Crippen LogP contribution in [0.3, 0.4) is 0 Å². The third-order valence-corrected chi connectivity index (χ3v) is 3.56. The molecule has 0 aromatic rings. The Hall–Kier alpha value is -1.10. The van der Waals surface area contributed by atoms with E-state index < -0.39 is 5.97 Å². The van der Waals surface area contributed by atoms with Gasteiger partial charge in [0.15, 0.2) is 0 Å². The monoisotopic (exact) mass is 271 g/mol. The molecule has 0 unspecified atom stereocenters. The Bertz CT molecular complexity index is 293. The summed E-state index contributed by atoms with van der Waals surface area (Å²) in [7, 11) is 0. The molecule has 0 bridgehead atoms. The van der Waals surface area contributed by atoms with E-state index in [1.54, 1.807) is 0 Å². The van der Waals surface area contributed by atoms with Crippen LogP contribution in [0.5, 0.6) is 0 Å². The molecule has 0 aromatic heterocycles. The first-order valence-corrected chi connectivity index (χ1v) is 7.23. The second kappa shape index (κ2) is 8.91. The summed E-state index contributed by atoms with van der Waals surface area (Å²) >= 11 is 0. The SMILES string of the molecule is CCCCOCCCNC(=O)[C@@H]1CC[C@H](C(=O)O)C1. The van der Waals surface area contributed by atoms with Crippen molar-refractivity contribution in [3.8, 4) is 0 Å². The first-order chi connectivity index (χ1) is 9.15. The van der Waals surface area contributed by atoms with Gasteiger partial charge in [-0.05, 0) is 32.1 Å². The molecule has 0 heterocycles. The lowest BCUT2D eigenvalue weighted by Crippen LogP contribution is -2.31. The van der Waals surface area contributed by atoms with Crippen molar-refractivity contribution >= 4 is 11.9 Å². The Morgan fingerprint density at radius 2 is 1.89 bits per heavy atom. The molecular weight excluding hydrogens is 246 g/mol. The summed E-state index contributed by atoms with van der Waals surface area (Å²) in [5, 5.41) is 11.7. The lowest BCUT2D eigenvalue weighted by Gasteiger charge is -2.10. The second-order valence-electron chi connectivity index (χ2n) is 5.16. The van der Waals surface area contributed by atoms with E-state index >= 15 is 0 Å². The third kappa shape index (κ3) is 6.05. The molecule has 5 nitrogen and oxygen atoms in total. The van der Waals surface area contributed by atoms with E-state index in [1.165, 1.54) is 0 Å². The van der Waals surface area contributed by atoms with Crippen molar-refractivity contribution in [2.45, 2.75) is 45.4 Å². The van der Waals surface area contributed by atoms with Crippen molar-refractivity contribution in [2.75, 3.05) is 19.8 Å². The van der Waals surface area contributed by atoms with E-state index in [-0.39, 0.29) is 17.7 Å². The number of unbranched alkanes of at least 4 members (excludes halogenated alkanes) is 1. The zero-order valence-electron chi connectivity index (χ0n) is 11.7. The van der Waals surface area contributed by atoms with Gasteiger partial charge in [0.25, 0.3) is 0 Å². The third-order valence-electron chi connectivity index (χ3n) is 3.56. The van der Waals surface area contributed by atoms with E-state index in [2.05, 4.69) is 12.2 Å². The maximum atomic E-state index is 11.8. The number of nitrogens with one attached hydrogen (secondary N) is 1. The smallest absolute Gasteiger partial charge is 0.306 e. The van der Waals surface area contributed by atoms with E-state index in [0.29, 0.717) is 32.4 Å². The van der Waals surface area contributed by atoms with E-state index in [9.17, 15) is 9.59 Å². The first-order valence-electron chi connectivity index (χ1n) is 7.23. The van der Waals surface area contributed by atoms with Crippen LogP contribution in [0, 0.1) is 11.8 Å². The van der Waals surface area contributed by atoms with Crippen LogP contribution >= 0.6 is 0 Å². The van der Waals surface area contributed by atoms with Gasteiger partial charge in [-0.3, -0.25) is 9.59 Å². The van der Waals surface area contributed by atoms with Crippen molar-refractivity contribution < 1.29 is 19.4 Å². The molecule has 1 amide bonds. The van der Waals surface area contributed by atoms with Gasteiger partial charge in [-0.25, -0.2) is 0 Å². The van der Waals surface area contributed by atoms with E-state index in [4.69, 9.17) is 9.84 Å². The van der Waals surface area contributed by atoms with E-state index in [1.807, 2.05) is 0 Å². The van der Waals surface area contributed by atoms with Gasteiger partial charge in [-0.15, -0.1) is 0 Å². The van der Waals surface area contributed by atoms with Gasteiger partial charge < -0.3 is 15.2 Å². The molecule has 1 aliphatic rings. The summed E-state index contributed by atoms with van der Waals surface area (Å²) in [4.78, 5) is 22.6. The normalized spacial score (nSPS) is 22.4. The van der Waals surface area contributed by atoms with Crippen molar-refractivity contribution in [1.82, 2.24) is 5.32 Å². The Labute approximate surface area is 114 Å². The van der Waals surface area contributed by atoms with Gasteiger partial charge in [-0.1, -0.05) is 13.3 Å². The summed E-state index contributed by atoms with van der Waals surface area (Å²) in [6, 6.07) is 0. The fourth-order valence-electron chi connectivity index (χ4n) is 2.32. The van der Waals surface area contributed by atoms with Crippen LogP contribution in [-0.2, 0) is 14.3 Å². The molecule has 0 aromatic carbocycles. The van der Waals surface area contributed by atoms with Gasteiger partial charge in [-0.2, -0.15) is 0 Å². The summed E-state index contributed by atoms with van der Waals surface area (Å²) in [5.74, 6) is -1.24. The molecule has 2 atom stereocenters. The lowest BCUT2D eigenvalue weighted by atomic mass is 10.0. The van der Waals surface area contributed by atoms with Crippen LogP contribution < -0.4 is 5.32 Å². The molecule has 1 rings (SSSR count). The largest absolute Gasteiger partial charge is 0.481 e. The van der Waals surface area contributed by atoms with Gasteiger partial charge >= 0.3 is 5.97 Å². The Morgan fingerprint density at radius 3 is 2.53 bits per heavy atom. The molecule has 1 fully saturated rings. The molecule has 0 radical (unpaired) electrons. The molecule has 19 heavy (non-hydrogen) atoms. The molecule has 1 aliphatic carbocycles. The quantitative estimate of drug-likeness (QED) is 0.627. The minimum absolute atomic E-state index is 0.00249. The molecular formula is C14H25NO4. The lowest BCUT2D eigenvalue weighted by molar-refractivity contribution is -0.141. The van der Waals surface area contributed by atoms with Gasteiger partial charge in [0, 0.05) is 25.7 Å². The number of hydrogen-bond donors (Lipinski definition) is 2. The van der Waals surface area contributed by atoms with Gasteiger partial charge in [0.05, 0.1) is 5.92 Å². The molecule has 0 spiro atoms. The summed E-state index contributed by atoms with van der Waals surface area (Å²) in [6.07, 6.45) is 4.80. The number of carbonyl (C=O) groups is 2. The zero-order chi connectivity index (χ0) is 14.1. The average molecular weight is 271 g/mol. The number of amides is 1. The summed E-state index contributed by atoms with van der Waals surface area (Å²) in [5.41, 5.74) is 0. The highest BCUT2D eigenvalue weighted by Crippen LogP contribution is 2.30. The Morgan fingerprint density at radius 1 is 1.21 bits per heavy atom. The predicted octanol–water partition coefficient (Wildman–Crippen LogP) is 1.81. The van der Waals surface area contributed by atoms with Crippen molar-refractivity contribution in [1.29, 1.82) is 0 Å². The van der Waals surface area contributed by atoms with Crippen molar-refractivity contribution in [3.05, 3.63) is 0 Å². The number of carboxylic acid groups (broad SMARTS) is 1. The predicted molar refractivity (Wildman–Crippen MR) is 71.8 cm³/mol. The minimum atomic E-state index is -0.778. The highest BCUT2D eigenvalue weighted by atomic mass is 16.5. The topological polar surface area (TPSA) is 75.6 Å².